The van der Waals surface area contributed by atoms with Crippen LogP contribution in [-0.4, -0.2) is 36.9 Å². The molecule has 0 spiro atoms. The third-order valence-corrected chi connectivity index (χ3v) is 15.0. The lowest BCUT2D eigenvalue weighted by Gasteiger charge is -2.35. The molecule has 0 aliphatic rings. The lowest BCUT2D eigenvalue weighted by atomic mass is 9.69. The molecule has 1 N–H and O–H groups in total. The Labute approximate surface area is 304 Å². The zero-order chi connectivity index (χ0) is 36.5. The molecule has 7 nitrogen and oxygen atoms in total. The van der Waals surface area contributed by atoms with E-state index in [-0.39, 0.29) is 10.9 Å². The topological polar surface area (TPSA) is 82.5 Å². The second-order valence-electron chi connectivity index (χ2n) is 15.0. The summed E-state index contributed by atoms with van der Waals surface area (Å²) in [6.07, 6.45) is 3.30. The van der Waals surface area contributed by atoms with Gasteiger partial charge in [-0.2, -0.15) is 0 Å². The van der Waals surface area contributed by atoms with E-state index in [4.69, 9.17) is 25.7 Å². The van der Waals surface area contributed by atoms with E-state index in [1.807, 2.05) is 79.7 Å². The van der Waals surface area contributed by atoms with Gasteiger partial charge in [0.2, 0.25) is 5.91 Å². The van der Waals surface area contributed by atoms with Crippen LogP contribution in [0.5, 0.6) is 0 Å². The van der Waals surface area contributed by atoms with Gasteiger partial charge in [0.15, 0.2) is 8.32 Å². The van der Waals surface area contributed by atoms with Crippen LogP contribution in [0.4, 0.5) is 0 Å². The Bertz CT molecular complexity index is 1700. The normalized spacial score (nSPS) is 13.8. The molecule has 1 unspecified atom stereocenters. The molecule has 1 heterocycles. The summed E-state index contributed by atoms with van der Waals surface area (Å²) in [5.74, 6) is -0.489. The van der Waals surface area contributed by atoms with Crippen LogP contribution in [0.2, 0.25) is 23.3 Å². The predicted molar refractivity (Wildman–Crippen MR) is 205 cm³/mol. The number of benzene rings is 3. The summed E-state index contributed by atoms with van der Waals surface area (Å²) >= 11 is 6.98. The highest BCUT2D eigenvalue weighted by Gasteiger charge is 2.47. The monoisotopic (exact) mass is 715 g/mol. The molecule has 0 radical (unpaired) electrons. The number of methoxy groups -OCH3 is 1. The van der Waals surface area contributed by atoms with Gasteiger partial charge in [-0.15, -0.1) is 0 Å². The molecule has 0 fully saturated rings. The van der Waals surface area contributed by atoms with E-state index in [1.54, 1.807) is 0 Å². The molecule has 268 valence electrons. The van der Waals surface area contributed by atoms with Gasteiger partial charge in [-0.1, -0.05) is 131 Å². The Morgan fingerprint density at radius 2 is 1.50 bits per heavy atom. The molecule has 0 aliphatic carbocycles. The van der Waals surface area contributed by atoms with Crippen LogP contribution in [0.1, 0.15) is 87.2 Å². The summed E-state index contributed by atoms with van der Waals surface area (Å²) in [6, 6.07) is 27.4. The van der Waals surface area contributed by atoms with Crippen molar-refractivity contribution in [3.63, 3.8) is 0 Å². The van der Waals surface area contributed by atoms with E-state index in [2.05, 4.69) is 62.8 Å². The first-order valence-corrected chi connectivity index (χ1v) is 20.9. The largest absolute Gasteiger partial charge is 0.469 e. The van der Waals surface area contributed by atoms with Crippen molar-refractivity contribution in [1.29, 1.82) is 0 Å². The summed E-state index contributed by atoms with van der Waals surface area (Å²) < 4.78 is 13.8. The lowest BCUT2D eigenvalue weighted by Crippen LogP contribution is -2.47. The maximum Gasteiger partial charge on any atom is 0.314 e. The SMILES string of the molecule is CCCCc1nc(CO[Si](C)(C)C(C)(C)C)c(Cl)n1Cc1ccc(CNC(=O)C(C)(Cc2ccccc2)[C@H](C(=O)OC)c2ccccc2)cc1. The molecule has 1 amide bonds. The highest BCUT2D eigenvalue weighted by Crippen LogP contribution is 2.41. The molecule has 4 rings (SSSR count). The number of amides is 1. The van der Waals surface area contributed by atoms with Gasteiger partial charge in [0.25, 0.3) is 0 Å². The maximum absolute atomic E-state index is 14.2. The van der Waals surface area contributed by atoms with Crippen LogP contribution >= 0.6 is 11.6 Å². The number of nitrogens with one attached hydrogen (secondary N) is 1. The van der Waals surface area contributed by atoms with Crippen molar-refractivity contribution in [2.24, 2.45) is 5.41 Å². The number of rotatable bonds is 16. The van der Waals surface area contributed by atoms with Crippen LogP contribution in [0.3, 0.4) is 0 Å². The number of imidazole rings is 1. The average molecular weight is 716 g/mol. The van der Waals surface area contributed by atoms with E-state index in [0.717, 1.165) is 53.0 Å². The fourth-order valence-corrected chi connectivity index (χ4v) is 7.15. The van der Waals surface area contributed by atoms with Crippen molar-refractivity contribution in [2.45, 2.75) is 104 Å². The number of aryl methyl sites for hydroxylation is 1. The minimum Gasteiger partial charge on any atom is -0.469 e. The van der Waals surface area contributed by atoms with Gasteiger partial charge in [0, 0.05) is 13.0 Å². The molecule has 50 heavy (non-hydrogen) atoms. The number of ether oxygens (including phenoxy) is 1. The Hall–Kier alpha value is -3.72. The first kappa shape index (κ1) is 39.1. The fourth-order valence-electron chi connectivity index (χ4n) is 5.96. The quantitative estimate of drug-likeness (QED) is 0.0924. The molecule has 2 atom stereocenters. The lowest BCUT2D eigenvalue weighted by molar-refractivity contribution is -0.150. The van der Waals surface area contributed by atoms with Gasteiger partial charge < -0.3 is 19.0 Å². The first-order valence-electron chi connectivity index (χ1n) is 17.6. The summed E-state index contributed by atoms with van der Waals surface area (Å²) in [5.41, 5.74) is 3.41. The third-order valence-electron chi connectivity index (χ3n) is 10.1. The standard InChI is InChI=1S/C41H54ClN3O4Si/c1-9-10-21-35-44-34(29-49-50(7,8)40(2,3)4)37(42)45(35)28-32-24-22-31(23-25-32)27-43-39(47)41(5,26-30-17-13-11-14-18-30)36(38(46)48-6)33-19-15-12-16-20-33/h11-20,22-25,36H,9-10,21,26-29H2,1-8H3,(H,43,47)/t36-,41?/m0/s1. The number of hydrogen-bond acceptors (Lipinski definition) is 5. The molecular formula is C41H54ClN3O4Si. The van der Waals surface area contributed by atoms with E-state index < -0.39 is 25.6 Å². The van der Waals surface area contributed by atoms with Crippen molar-refractivity contribution < 1.29 is 18.8 Å². The van der Waals surface area contributed by atoms with Crippen LogP contribution in [0.25, 0.3) is 0 Å². The van der Waals surface area contributed by atoms with E-state index in [1.165, 1.54) is 7.11 Å². The second-order valence-corrected chi connectivity index (χ2v) is 20.1. The number of unbranched alkanes of at least 4 members (excludes halogenated alkanes) is 1. The van der Waals surface area contributed by atoms with Crippen molar-refractivity contribution in [1.82, 2.24) is 14.9 Å². The Balaban J connectivity index is 1.52. The first-order chi connectivity index (χ1) is 23.7. The summed E-state index contributed by atoms with van der Waals surface area (Å²) in [4.78, 5) is 32.4. The Morgan fingerprint density at radius 3 is 2.08 bits per heavy atom. The fraction of sp³-hybridized carbons (Fsp3) is 0.439. The zero-order valence-corrected chi connectivity index (χ0v) is 32.8. The summed E-state index contributed by atoms with van der Waals surface area (Å²) in [6.45, 7) is 16.5. The van der Waals surface area contributed by atoms with Gasteiger partial charge in [0.05, 0.1) is 31.6 Å². The summed E-state index contributed by atoms with van der Waals surface area (Å²) in [7, 11) is -0.595. The van der Waals surface area contributed by atoms with Crippen molar-refractivity contribution in [3.05, 3.63) is 124 Å². The molecule has 0 bridgehead atoms. The van der Waals surface area contributed by atoms with Gasteiger partial charge in [-0.05, 0) is 60.2 Å². The van der Waals surface area contributed by atoms with Gasteiger partial charge in [-0.25, -0.2) is 4.98 Å². The number of carbonyl (C=O) groups excluding carboxylic acids is 2. The van der Waals surface area contributed by atoms with Gasteiger partial charge in [-0.3, -0.25) is 9.59 Å². The Kier molecular flexibility index (Phi) is 13.3. The molecule has 0 aliphatic heterocycles. The van der Waals surface area contributed by atoms with E-state index >= 15 is 0 Å². The minimum atomic E-state index is -1.96. The van der Waals surface area contributed by atoms with Crippen LogP contribution in [0, 0.1) is 5.41 Å². The number of halogens is 1. The molecule has 3 aromatic carbocycles. The number of carbonyl (C=O) groups is 2. The molecule has 0 saturated heterocycles. The van der Waals surface area contributed by atoms with Gasteiger partial charge >= 0.3 is 5.97 Å². The second kappa shape index (κ2) is 17.0. The number of hydrogen-bond donors (Lipinski definition) is 1. The van der Waals surface area contributed by atoms with Crippen molar-refractivity contribution in [2.75, 3.05) is 7.11 Å². The maximum atomic E-state index is 14.2. The zero-order valence-electron chi connectivity index (χ0n) is 31.0. The Morgan fingerprint density at radius 1 is 0.900 bits per heavy atom. The number of nitrogens with zero attached hydrogens (tertiary/aromatic N) is 2. The van der Waals surface area contributed by atoms with Gasteiger partial charge in [0.1, 0.15) is 16.7 Å². The van der Waals surface area contributed by atoms with Crippen LogP contribution in [0.15, 0.2) is 84.9 Å². The molecule has 4 aromatic rings. The predicted octanol–water partition coefficient (Wildman–Crippen LogP) is 9.27. The molecule has 0 saturated carbocycles. The van der Waals surface area contributed by atoms with Crippen LogP contribution in [-0.2, 0) is 51.3 Å². The molecule has 9 heteroatoms. The molecular weight excluding hydrogens is 662 g/mol. The summed E-state index contributed by atoms with van der Waals surface area (Å²) in [5, 5.41) is 3.87. The minimum absolute atomic E-state index is 0.0970. The van der Waals surface area contributed by atoms with E-state index in [9.17, 15) is 9.59 Å². The highest BCUT2D eigenvalue weighted by atomic mass is 35.5. The average Bonchev–Trinajstić information content (AvgIpc) is 3.39. The van der Waals surface area contributed by atoms with Crippen molar-refractivity contribution in [3.8, 4) is 0 Å². The van der Waals surface area contributed by atoms with Crippen molar-refractivity contribution >= 4 is 31.8 Å². The smallest absolute Gasteiger partial charge is 0.314 e. The number of esters is 1. The number of aromatic nitrogens is 2. The highest BCUT2D eigenvalue weighted by molar-refractivity contribution is 6.74. The van der Waals surface area contributed by atoms with Crippen LogP contribution < -0.4 is 5.32 Å². The molecule has 1 aromatic heterocycles. The third kappa shape index (κ3) is 9.53. The van der Waals surface area contributed by atoms with E-state index in [0.29, 0.717) is 31.3 Å².